The van der Waals surface area contributed by atoms with Gasteiger partial charge < -0.3 is 10.0 Å². The van der Waals surface area contributed by atoms with Gasteiger partial charge in [-0.1, -0.05) is 17.9 Å². The van der Waals surface area contributed by atoms with Crippen LogP contribution in [0.2, 0.25) is 0 Å². The smallest absolute Gasteiger partial charge is 0.253 e. The van der Waals surface area contributed by atoms with Gasteiger partial charge in [-0.25, -0.2) is 0 Å². The molecule has 0 bridgehead atoms. The van der Waals surface area contributed by atoms with Gasteiger partial charge >= 0.3 is 0 Å². The van der Waals surface area contributed by atoms with E-state index in [4.69, 9.17) is 5.11 Å². The molecular weight excluding hydrogens is 238 g/mol. The van der Waals surface area contributed by atoms with E-state index in [9.17, 15) is 4.79 Å². The van der Waals surface area contributed by atoms with E-state index in [2.05, 4.69) is 11.8 Å². The van der Waals surface area contributed by atoms with Gasteiger partial charge in [0.05, 0.1) is 6.61 Å². The first kappa shape index (κ1) is 15.3. The summed E-state index contributed by atoms with van der Waals surface area (Å²) in [6.07, 6.45) is 0.452. The molecule has 3 nitrogen and oxygen atoms in total. The molecule has 0 heterocycles. The van der Waals surface area contributed by atoms with Gasteiger partial charge in [0.15, 0.2) is 0 Å². The Morgan fingerprint density at radius 3 is 2.58 bits per heavy atom. The molecule has 0 aromatic heterocycles. The monoisotopic (exact) mass is 259 g/mol. The van der Waals surface area contributed by atoms with Crippen LogP contribution in [-0.2, 0) is 0 Å². The number of hydrogen-bond donors (Lipinski definition) is 1. The SMILES string of the molecule is CCN(CC)C(=O)c1ccc(C)c(C#CCCO)c1. The van der Waals surface area contributed by atoms with Crippen LogP contribution in [-0.4, -0.2) is 35.6 Å². The standard InChI is InChI=1S/C16H21NO2/c1-4-17(5-2)16(19)15-10-9-13(3)14(12-15)8-6-7-11-18/h9-10,12,18H,4-5,7,11H2,1-3H3. The van der Waals surface area contributed by atoms with Gasteiger partial charge in [0, 0.05) is 30.6 Å². The van der Waals surface area contributed by atoms with Crippen molar-refractivity contribution in [3.8, 4) is 11.8 Å². The Labute approximate surface area is 115 Å². The molecule has 0 aliphatic heterocycles. The van der Waals surface area contributed by atoms with Crippen LogP contribution in [0.4, 0.5) is 0 Å². The lowest BCUT2D eigenvalue weighted by Crippen LogP contribution is -2.30. The van der Waals surface area contributed by atoms with E-state index in [-0.39, 0.29) is 12.5 Å². The van der Waals surface area contributed by atoms with E-state index in [1.165, 1.54) is 0 Å². The second-order valence-electron chi connectivity index (χ2n) is 4.28. The van der Waals surface area contributed by atoms with E-state index in [1.807, 2.05) is 39.0 Å². The minimum Gasteiger partial charge on any atom is -0.395 e. The maximum absolute atomic E-state index is 12.2. The van der Waals surface area contributed by atoms with Gasteiger partial charge in [-0.05, 0) is 38.5 Å². The molecule has 1 rings (SSSR count). The summed E-state index contributed by atoms with van der Waals surface area (Å²) in [5, 5.41) is 8.73. The van der Waals surface area contributed by atoms with Crippen molar-refractivity contribution in [2.24, 2.45) is 0 Å². The van der Waals surface area contributed by atoms with Gasteiger partial charge in [-0.3, -0.25) is 4.79 Å². The van der Waals surface area contributed by atoms with Crippen LogP contribution in [0.5, 0.6) is 0 Å². The molecule has 0 aliphatic rings. The fourth-order valence-electron chi connectivity index (χ4n) is 1.80. The maximum Gasteiger partial charge on any atom is 0.253 e. The number of benzene rings is 1. The van der Waals surface area contributed by atoms with Crippen LogP contribution in [0.1, 0.15) is 41.8 Å². The average molecular weight is 259 g/mol. The van der Waals surface area contributed by atoms with Crippen LogP contribution < -0.4 is 0 Å². The van der Waals surface area contributed by atoms with Gasteiger partial charge in [0.25, 0.3) is 5.91 Å². The summed E-state index contributed by atoms with van der Waals surface area (Å²) in [5.41, 5.74) is 2.57. The summed E-state index contributed by atoms with van der Waals surface area (Å²) in [4.78, 5) is 14.0. The topological polar surface area (TPSA) is 40.5 Å². The van der Waals surface area contributed by atoms with E-state index in [0.717, 1.165) is 11.1 Å². The Hall–Kier alpha value is -1.79. The second-order valence-corrected chi connectivity index (χ2v) is 4.28. The number of nitrogens with zero attached hydrogens (tertiary/aromatic N) is 1. The number of amides is 1. The Kier molecular flexibility index (Phi) is 6.11. The highest BCUT2D eigenvalue weighted by atomic mass is 16.2. The number of aryl methyl sites for hydroxylation is 1. The molecule has 1 aromatic rings. The zero-order valence-corrected chi connectivity index (χ0v) is 11.9. The van der Waals surface area contributed by atoms with Crippen molar-refractivity contribution < 1.29 is 9.90 Å². The number of rotatable bonds is 4. The van der Waals surface area contributed by atoms with Gasteiger partial charge in [0.1, 0.15) is 0 Å². The lowest BCUT2D eigenvalue weighted by molar-refractivity contribution is 0.0773. The molecular formula is C16H21NO2. The summed E-state index contributed by atoms with van der Waals surface area (Å²) in [5.74, 6) is 5.93. The van der Waals surface area contributed by atoms with E-state index in [1.54, 1.807) is 4.90 Å². The average Bonchev–Trinajstić information content (AvgIpc) is 2.42. The first-order valence-electron chi connectivity index (χ1n) is 6.63. The fraction of sp³-hybridized carbons (Fsp3) is 0.438. The van der Waals surface area contributed by atoms with Crippen molar-refractivity contribution in [2.75, 3.05) is 19.7 Å². The Morgan fingerprint density at radius 1 is 1.32 bits per heavy atom. The van der Waals surface area contributed by atoms with Crippen molar-refractivity contribution >= 4 is 5.91 Å². The summed E-state index contributed by atoms with van der Waals surface area (Å²) < 4.78 is 0. The van der Waals surface area contributed by atoms with E-state index < -0.39 is 0 Å². The molecule has 0 aliphatic carbocycles. The summed E-state index contributed by atoms with van der Waals surface area (Å²) in [6.45, 7) is 7.37. The zero-order chi connectivity index (χ0) is 14.3. The second kappa shape index (κ2) is 7.60. The highest BCUT2D eigenvalue weighted by molar-refractivity contribution is 5.94. The number of carbonyl (C=O) groups excluding carboxylic acids is 1. The summed E-state index contributed by atoms with van der Waals surface area (Å²) in [7, 11) is 0. The third kappa shape index (κ3) is 4.11. The number of hydrogen-bond acceptors (Lipinski definition) is 2. The van der Waals surface area contributed by atoms with Crippen LogP contribution in [0.15, 0.2) is 18.2 Å². The number of aliphatic hydroxyl groups is 1. The lowest BCUT2D eigenvalue weighted by Gasteiger charge is -2.18. The van der Waals surface area contributed by atoms with Crippen molar-refractivity contribution in [3.63, 3.8) is 0 Å². The third-order valence-electron chi connectivity index (χ3n) is 3.00. The highest BCUT2D eigenvalue weighted by Crippen LogP contribution is 2.12. The minimum absolute atomic E-state index is 0.0372. The third-order valence-corrected chi connectivity index (χ3v) is 3.00. The highest BCUT2D eigenvalue weighted by Gasteiger charge is 2.12. The van der Waals surface area contributed by atoms with Gasteiger partial charge in [-0.15, -0.1) is 0 Å². The van der Waals surface area contributed by atoms with Crippen LogP contribution in [0, 0.1) is 18.8 Å². The van der Waals surface area contributed by atoms with E-state index in [0.29, 0.717) is 25.1 Å². The van der Waals surface area contributed by atoms with Crippen molar-refractivity contribution in [2.45, 2.75) is 27.2 Å². The van der Waals surface area contributed by atoms with E-state index >= 15 is 0 Å². The molecule has 0 spiro atoms. The molecule has 0 unspecified atom stereocenters. The molecule has 0 saturated carbocycles. The first-order chi connectivity index (χ1) is 9.13. The maximum atomic E-state index is 12.2. The molecule has 19 heavy (non-hydrogen) atoms. The van der Waals surface area contributed by atoms with Crippen molar-refractivity contribution in [1.82, 2.24) is 4.90 Å². The van der Waals surface area contributed by atoms with Crippen LogP contribution in [0.25, 0.3) is 0 Å². The molecule has 1 N–H and O–H groups in total. The molecule has 0 fully saturated rings. The summed E-state index contributed by atoms with van der Waals surface area (Å²) >= 11 is 0. The van der Waals surface area contributed by atoms with Crippen molar-refractivity contribution in [3.05, 3.63) is 34.9 Å². The Balaban J connectivity index is 3.02. The molecule has 0 saturated heterocycles. The first-order valence-corrected chi connectivity index (χ1v) is 6.63. The fourth-order valence-corrected chi connectivity index (χ4v) is 1.80. The van der Waals surface area contributed by atoms with Gasteiger partial charge in [-0.2, -0.15) is 0 Å². The molecule has 1 amide bonds. The lowest BCUT2D eigenvalue weighted by atomic mass is 10.0. The minimum atomic E-state index is 0.0372. The quantitative estimate of drug-likeness (QED) is 0.842. The Morgan fingerprint density at radius 2 is 2.00 bits per heavy atom. The van der Waals surface area contributed by atoms with Crippen LogP contribution in [0.3, 0.4) is 0 Å². The predicted octanol–water partition coefficient (Wildman–Crippen LogP) is 2.21. The number of carbonyl (C=O) groups is 1. The number of aliphatic hydroxyl groups excluding tert-OH is 1. The van der Waals surface area contributed by atoms with Crippen molar-refractivity contribution in [1.29, 1.82) is 0 Å². The molecule has 0 radical (unpaired) electrons. The molecule has 1 aromatic carbocycles. The van der Waals surface area contributed by atoms with Gasteiger partial charge in [0.2, 0.25) is 0 Å². The zero-order valence-electron chi connectivity index (χ0n) is 11.9. The molecule has 3 heteroatoms. The molecule has 0 atom stereocenters. The largest absolute Gasteiger partial charge is 0.395 e. The Bertz CT molecular complexity index is 493. The molecule has 102 valence electrons. The van der Waals surface area contributed by atoms with Crippen LogP contribution >= 0.6 is 0 Å². The normalized spacial score (nSPS) is 9.68. The summed E-state index contributed by atoms with van der Waals surface area (Å²) in [6, 6.07) is 5.59. The predicted molar refractivity (Wildman–Crippen MR) is 77.0 cm³/mol.